The predicted molar refractivity (Wildman–Crippen MR) is 127 cm³/mol. The standard InChI is InChI=1S/C29H38O2/c1-17(2)24-11-22(6-8-26(24)30)28-13-20-10-21(15-28)19(5)29(14-20,16-28)23-7-9-27(31)25(12-23)18(3)4/h6-9,11-12,17-21,30-31H,10,13-16H2,1-5H3. The Morgan fingerprint density at radius 1 is 0.806 bits per heavy atom. The number of aromatic hydroxyl groups is 2. The molecule has 4 bridgehead atoms. The highest BCUT2D eigenvalue weighted by Gasteiger charge is 2.62. The molecule has 166 valence electrons. The lowest BCUT2D eigenvalue weighted by molar-refractivity contribution is -0.0727. The summed E-state index contributed by atoms with van der Waals surface area (Å²) in [6.45, 7) is 11.2. The van der Waals surface area contributed by atoms with E-state index >= 15 is 0 Å². The first-order valence-electron chi connectivity index (χ1n) is 12.3. The zero-order valence-electron chi connectivity index (χ0n) is 19.8. The first-order valence-corrected chi connectivity index (χ1v) is 12.3. The van der Waals surface area contributed by atoms with E-state index in [0.717, 1.165) is 23.0 Å². The van der Waals surface area contributed by atoms with E-state index in [9.17, 15) is 10.2 Å². The fraction of sp³-hybridized carbons (Fsp3) is 0.586. The maximum atomic E-state index is 10.5. The van der Waals surface area contributed by atoms with Crippen molar-refractivity contribution >= 4 is 0 Å². The molecule has 2 nitrogen and oxygen atoms in total. The second-order valence-corrected chi connectivity index (χ2v) is 11.7. The van der Waals surface area contributed by atoms with Crippen molar-refractivity contribution < 1.29 is 10.2 Å². The molecular formula is C29H38O2. The normalized spacial score (nSPS) is 34.1. The molecule has 5 atom stereocenters. The highest BCUT2D eigenvalue weighted by Crippen LogP contribution is 2.68. The summed E-state index contributed by atoms with van der Waals surface area (Å²) in [7, 11) is 0. The summed E-state index contributed by atoms with van der Waals surface area (Å²) >= 11 is 0. The molecule has 4 aliphatic carbocycles. The molecule has 6 rings (SSSR count). The lowest BCUT2D eigenvalue weighted by Crippen LogP contribution is -2.60. The van der Waals surface area contributed by atoms with Gasteiger partial charge >= 0.3 is 0 Å². The Labute approximate surface area is 187 Å². The van der Waals surface area contributed by atoms with Crippen LogP contribution in [0.2, 0.25) is 0 Å². The lowest BCUT2D eigenvalue weighted by atomic mass is 9.38. The molecular weight excluding hydrogens is 380 g/mol. The predicted octanol–water partition coefficient (Wildman–Crippen LogP) is 7.38. The number of hydrogen-bond donors (Lipinski definition) is 2. The Balaban J connectivity index is 1.63. The van der Waals surface area contributed by atoms with Gasteiger partial charge in [0.25, 0.3) is 0 Å². The van der Waals surface area contributed by atoms with Crippen LogP contribution in [0.15, 0.2) is 36.4 Å². The summed E-state index contributed by atoms with van der Waals surface area (Å²) in [4.78, 5) is 0. The van der Waals surface area contributed by atoms with Gasteiger partial charge in [0.05, 0.1) is 0 Å². The highest BCUT2D eigenvalue weighted by molar-refractivity contribution is 5.47. The van der Waals surface area contributed by atoms with Crippen molar-refractivity contribution in [3.05, 3.63) is 58.7 Å². The molecule has 2 N–H and O–H groups in total. The average molecular weight is 419 g/mol. The average Bonchev–Trinajstić information content (AvgIpc) is 2.71. The van der Waals surface area contributed by atoms with Gasteiger partial charge in [0, 0.05) is 0 Å². The molecule has 0 radical (unpaired) electrons. The third-order valence-corrected chi connectivity index (χ3v) is 9.34. The number of benzene rings is 2. The Bertz CT molecular complexity index is 1010. The van der Waals surface area contributed by atoms with Crippen LogP contribution in [-0.2, 0) is 10.8 Å². The summed E-state index contributed by atoms with van der Waals surface area (Å²) < 4.78 is 0. The molecule has 2 aromatic carbocycles. The van der Waals surface area contributed by atoms with Crippen LogP contribution >= 0.6 is 0 Å². The molecule has 4 aliphatic rings. The van der Waals surface area contributed by atoms with Gasteiger partial charge in [0.15, 0.2) is 0 Å². The number of phenols is 2. The zero-order chi connectivity index (χ0) is 22.1. The maximum Gasteiger partial charge on any atom is 0.119 e. The van der Waals surface area contributed by atoms with Crippen molar-refractivity contribution in [3.8, 4) is 11.5 Å². The van der Waals surface area contributed by atoms with E-state index in [1.165, 1.54) is 43.2 Å². The molecule has 5 unspecified atom stereocenters. The van der Waals surface area contributed by atoms with Gasteiger partial charge in [0.1, 0.15) is 11.5 Å². The van der Waals surface area contributed by atoms with Crippen LogP contribution in [-0.4, -0.2) is 10.2 Å². The van der Waals surface area contributed by atoms with E-state index in [2.05, 4.69) is 58.9 Å². The lowest BCUT2D eigenvalue weighted by Gasteiger charge is -2.66. The van der Waals surface area contributed by atoms with Crippen molar-refractivity contribution in [2.75, 3.05) is 0 Å². The van der Waals surface area contributed by atoms with Crippen molar-refractivity contribution in [3.63, 3.8) is 0 Å². The van der Waals surface area contributed by atoms with Crippen molar-refractivity contribution in [2.45, 2.75) is 89.4 Å². The summed E-state index contributed by atoms with van der Waals surface area (Å²) in [5.41, 5.74) is 5.47. The monoisotopic (exact) mass is 418 g/mol. The molecule has 0 aromatic heterocycles. The van der Waals surface area contributed by atoms with Gasteiger partial charge in [-0.3, -0.25) is 0 Å². The number of hydrogen-bond acceptors (Lipinski definition) is 2. The molecule has 0 amide bonds. The molecule has 0 saturated heterocycles. The van der Waals surface area contributed by atoms with Crippen LogP contribution in [0, 0.1) is 17.8 Å². The summed E-state index contributed by atoms with van der Waals surface area (Å²) in [6, 6.07) is 13.0. The second kappa shape index (κ2) is 7.02. The molecule has 31 heavy (non-hydrogen) atoms. The van der Waals surface area contributed by atoms with Gasteiger partial charge in [-0.15, -0.1) is 0 Å². The highest BCUT2D eigenvalue weighted by atomic mass is 16.3. The van der Waals surface area contributed by atoms with Gasteiger partial charge < -0.3 is 10.2 Å². The third-order valence-electron chi connectivity index (χ3n) is 9.34. The Kier molecular flexibility index (Phi) is 4.74. The Morgan fingerprint density at radius 2 is 1.39 bits per heavy atom. The Morgan fingerprint density at radius 3 is 2.00 bits per heavy atom. The van der Waals surface area contributed by atoms with Crippen molar-refractivity contribution in [1.29, 1.82) is 0 Å². The minimum absolute atomic E-state index is 0.192. The van der Waals surface area contributed by atoms with E-state index in [1.54, 1.807) is 0 Å². The van der Waals surface area contributed by atoms with Crippen molar-refractivity contribution in [1.82, 2.24) is 0 Å². The fourth-order valence-electron chi connectivity index (χ4n) is 7.90. The van der Waals surface area contributed by atoms with Crippen LogP contribution in [0.3, 0.4) is 0 Å². The van der Waals surface area contributed by atoms with Gasteiger partial charge in [-0.25, -0.2) is 0 Å². The van der Waals surface area contributed by atoms with Crippen LogP contribution < -0.4 is 0 Å². The zero-order valence-corrected chi connectivity index (χ0v) is 19.8. The Hall–Kier alpha value is -1.96. The maximum absolute atomic E-state index is 10.5. The quantitative estimate of drug-likeness (QED) is 0.544. The minimum Gasteiger partial charge on any atom is -0.508 e. The van der Waals surface area contributed by atoms with Gasteiger partial charge in [-0.05, 0) is 107 Å². The van der Waals surface area contributed by atoms with E-state index in [4.69, 9.17) is 0 Å². The molecule has 0 aliphatic heterocycles. The summed E-state index contributed by atoms with van der Waals surface area (Å²) in [6.07, 6.45) is 6.41. The van der Waals surface area contributed by atoms with Crippen molar-refractivity contribution in [2.24, 2.45) is 17.8 Å². The van der Waals surface area contributed by atoms with E-state index in [-0.39, 0.29) is 10.8 Å². The number of phenolic OH excluding ortho intramolecular Hbond substituents is 2. The molecule has 2 aromatic rings. The van der Waals surface area contributed by atoms with E-state index in [0.29, 0.717) is 29.3 Å². The molecule has 2 heteroatoms. The summed E-state index contributed by atoms with van der Waals surface area (Å²) in [5, 5.41) is 20.9. The molecule has 0 spiro atoms. The molecule has 0 heterocycles. The van der Waals surface area contributed by atoms with E-state index < -0.39 is 0 Å². The van der Waals surface area contributed by atoms with Gasteiger partial charge in [-0.1, -0.05) is 58.9 Å². The van der Waals surface area contributed by atoms with Crippen LogP contribution in [0.5, 0.6) is 11.5 Å². The fourth-order valence-corrected chi connectivity index (χ4v) is 7.90. The topological polar surface area (TPSA) is 40.5 Å². The minimum atomic E-state index is 0.192. The SMILES string of the molecule is CC(C)c1cc(C23CC4CC(C2)C(C)C(c2ccc(O)c(C(C)C)c2)(C4)C3)ccc1O. The van der Waals surface area contributed by atoms with E-state index in [1.807, 2.05) is 12.1 Å². The second-order valence-electron chi connectivity index (χ2n) is 11.7. The smallest absolute Gasteiger partial charge is 0.119 e. The molecule has 4 saturated carbocycles. The summed E-state index contributed by atoms with van der Waals surface area (Å²) in [5.74, 6) is 3.72. The van der Waals surface area contributed by atoms with Crippen LogP contribution in [0.1, 0.15) is 101 Å². The number of rotatable bonds is 4. The van der Waals surface area contributed by atoms with Crippen LogP contribution in [0.4, 0.5) is 0 Å². The first kappa shape index (κ1) is 20.9. The van der Waals surface area contributed by atoms with Gasteiger partial charge in [-0.2, -0.15) is 0 Å². The van der Waals surface area contributed by atoms with Gasteiger partial charge in [0.2, 0.25) is 0 Å². The first-order chi connectivity index (χ1) is 14.6. The van der Waals surface area contributed by atoms with Crippen LogP contribution in [0.25, 0.3) is 0 Å². The largest absolute Gasteiger partial charge is 0.508 e. The third kappa shape index (κ3) is 3.04. The molecule has 4 fully saturated rings.